The normalized spacial score (nSPS) is 10.5. The fourth-order valence-corrected chi connectivity index (χ4v) is 1.46. The molecule has 0 aliphatic carbocycles. The van der Waals surface area contributed by atoms with Crippen LogP contribution in [0, 0.1) is 0 Å². The van der Waals surface area contributed by atoms with Gasteiger partial charge in [0.1, 0.15) is 0 Å². The molecule has 1 aromatic heterocycles. The Labute approximate surface area is 89.0 Å². The molecule has 80 valence electrons. The molecule has 0 atom stereocenters. The zero-order valence-electron chi connectivity index (χ0n) is 8.65. The summed E-state index contributed by atoms with van der Waals surface area (Å²) in [4.78, 5) is 2.05. The van der Waals surface area contributed by atoms with Crippen molar-refractivity contribution in [3.63, 3.8) is 0 Å². The summed E-state index contributed by atoms with van der Waals surface area (Å²) in [5.74, 6) is 1.55. The summed E-state index contributed by atoms with van der Waals surface area (Å²) < 4.78 is 1.67. The lowest BCUT2D eigenvalue weighted by Crippen LogP contribution is -2.22. The van der Waals surface area contributed by atoms with Crippen LogP contribution in [-0.4, -0.2) is 39.7 Å². The van der Waals surface area contributed by atoms with Gasteiger partial charge in [-0.1, -0.05) is 11.5 Å². The molecule has 0 saturated heterocycles. The molecule has 0 N–H and O–H groups in total. The number of halogens is 1. The standard InChI is InChI=1S/C8H16ClN5/c1-13(7-5-3-4-6-9)8-10-11-12-14(8)2/h3-7H2,1-2H3. The van der Waals surface area contributed by atoms with Crippen LogP contribution < -0.4 is 4.90 Å². The van der Waals surface area contributed by atoms with Gasteiger partial charge in [-0.15, -0.1) is 11.6 Å². The number of aryl methyl sites for hydroxylation is 1. The SMILES string of the molecule is CN(CCCCCCl)c1nnnn1C. The molecule has 14 heavy (non-hydrogen) atoms. The van der Waals surface area contributed by atoms with Crippen LogP contribution in [0.1, 0.15) is 19.3 Å². The summed E-state index contributed by atoms with van der Waals surface area (Å²) in [6.45, 7) is 0.963. The van der Waals surface area contributed by atoms with Crippen LogP contribution in [0.25, 0.3) is 0 Å². The lowest BCUT2D eigenvalue weighted by molar-refractivity contribution is 0.667. The second-order valence-corrected chi connectivity index (χ2v) is 3.65. The van der Waals surface area contributed by atoms with Gasteiger partial charge in [-0.3, -0.25) is 0 Å². The molecule has 0 spiro atoms. The van der Waals surface area contributed by atoms with Crippen molar-refractivity contribution in [1.29, 1.82) is 0 Å². The van der Waals surface area contributed by atoms with Gasteiger partial charge in [0.05, 0.1) is 0 Å². The molecule has 0 radical (unpaired) electrons. The zero-order chi connectivity index (χ0) is 10.4. The Hall–Kier alpha value is -0.840. The monoisotopic (exact) mass is 217 g/mol. The first-order valence-corrected chi connectivity index (χ1v) is 5.28. The lowest BCUT2D eigenvalue weighted by Gasteiger charge is -2.15. The van der Waals surface area contributed by atoms with E-state index in [9.17, 15) is 0 Å². The second kappa shape index (κ2) is 5.80. The average Bonchev–Trinajstić information content (AvgIpc) is 2.59. The van der Waals surface area contributed by atoms with E-state index in [0.29, 0.717) is 0 Å². The second-order valence-electron chi connectivity index (χ2n) is 3.27. The molecule has 0 bridgehead atoms. The minimum atomic E-state index is 0.745. The van der Waals surface area contributed by atoms with Crippen molar-refractivity contribution in [3.05, 3.63) is 0 Å². The number of alkyl halides is 1. The number of anilines is 1. The third kappa shape index (κ3) is 3.14. The van der Waals surface area contributed by atoms with Crippen molar-refractivity contribution in [2.24, 2.45) is 7.05 Å². The highest BCUT2D eigenvalue weighted by Crippen LogP contribution is 2.06. The summed E-state index contributed by atoms with van der Waals surface area (Å²) in [7, 11) is 3.83. The highest BCUT2D eigenvalue weighted by atomic mass is 35.5. The molecule has 5 nitrogen and oxygen atoms in total. The number of unbranched alkanes of at least 4 members (excludes halogenated alkanes) is 2. The summed E-state index contributed by atoms with van der Waals surface area (Å²) in [5, 5.41) is 11.3. The van der Waals surface area contributed by atoms with Gasteiger partial charge in [0.25, 0.3) is 0 Å². The Bertz CT molecular complexity index is 262. The maximum absolute atomic E-state index is 5.59. The molecule has 1 heterocycles. The number of hydrogen-bond acceptors (Lipinski definition) is 4. The van der Waals surface area contributed by atoms with Crippen LogP contribution >= 0.6 is 11.6 Å². The molecule has 0 aliphatic heterocycles. The van der Waals surface area contributed by atoms with E-state index in [0.717, 1.165) is 37.6 Å². The largest absolute Gasteiger partial charge is 0.343 e. The third-order valence-electron chi connectivity index (χ3n) is 2.07. The Balaban J connectivity index is 2.28. The van der Waals surface area contributed by atoms with Crippen molar-refractivity contribution in [1.82, 2.24) is 20.2 Å². The molecule has 0 unspecified atom stereocenters. The summed E-state index contributed by atoms with van der Waals surface area (Å²) in [6, 6.07) is 0. The van der Waals surface area contributed by atoms with E-state index in [4.69, 9.17) is 11.6 Å². The van der Waals surface area contributed by atoms with Crippen LogP contribution in [0.3, 0.4) is 0 Å². The minimum Gasteiger partial charge on any atom is -0.343 e. The van der Waals surface area contributed by atoms with E-state index in [1.807, 2.05) is 19.0 Å². The molecule has 0 aliphatic rings. The minimum absolute atomic E-state index is 0.745. The first-order chi connectivity index (χ1) is 6.75. The Morgan fingerprint density at radius 1 is 1.36 bits per heavy atom. The quantitative estimate of drug-likeness (QED) is 0.528. The molecule has 0 fully saturated rings. The smallest absolute Gasteiger partial charge is 0.244 e. The number of aromatic nitrogens is 4. The highest BCUT2D eigenvalue weighted by molar-refractivity contribution is 6.17. The first kappa shape index (κ1) is 11.2. The molecular formula is C8H16ClN5. The van der Waals surface area contributed by atoms with Gasteiger partial charge in [-0.2, -0.15) is 0 Å². The van der Waals surface area contributed by atoms with Gasteiger partial charge in [0.15, 0.2) is 0 Å². The van der Waals surface area contributed by atoms with E-state index in [-0.39, 0.29) is 0 Å². The third-order valence-corrected chi connectivity index (χ3v) is 2.33. The predicted octanol–water partition coefficient (Wildman–Crippen LogP) is 1.06. The van der Waals surface area contributed by atoms with Crippen molar-refractivity contribution < 1.29 is 0 Å². The Morgan fingerprint density at radius 2 is 2.14 bits per heavy atom. The molecular weight excluding hydrogens is 202 g/mol. The number of tetrazole rings is 1. The molecule has 0 amide bonds. The predicted molar refractivity (Wildman–Crippen MR) is 56.6 cm³/mol. The molecule has 0 saturated carbocycles. The average molecular weight is 218 g/mol. The van der Waals surface area contributed by atoms with E-state index in [1.165, 1.54) is 0 Å². The van der Waals surface area contributed by atoms with Crippen LogP contribution in [0.5, 0.6) is 0 Å². The van der Waals surface area contributed by atoms with Crippen LogP contribution in [0.2, 0.25) is 0 Å². The Morgan fingerprint density at radius 3 is 2.71 bits per heavy atom. The molecule has 1 rings (SSSR count). The van der Waals surface area contributed by atoms with Crippen molar-refractivity contribution in [3.8, 4) is 0 Å². The van der Waals surface area contributed by atoms with Crippen molar-refractivity contribution in [2.75, 3.05) is 24.4 Å². The molecule has 1 aromatic rings. The van der Waals surface area contributed by atoms with Gasteiger partial charge in [0, 0.05) is 26.5 Å². The Kier molecular flexibility index (Phi) is 4.65. The summed E-state index contributed by atoms with van der Waals surface area (Å²) in [5.41, 5.74) is 0. The van der Waals surface area contributed by atoms with E-state index in [1.54, 1.807) is 4.68 Å². The van der Waals surface area contributed by atoms with Crippen LogP contribution in [0.15, 0.2) is 0 Å². The lowest BCUT2D eigenvalue weighted by atomic mass is 10.2. The summed E-state index contributed by atoms with van der Waals surface area (Å²) >= 11 is 5.59. The molecule has 0 aromatic carbocycles. The maximum Gasteiger partial charge on any atom is 0.244 e. The van der Waals surface area contributed by atoms with Gasteiger partial charge in [0.2, 0.25) is 5.95 Å². The fourth-order valence-electron chi connectivity index (χ4n) is 1.27. The zero-order valence-corrected chi connectivity index (χ0v) is 9.41. The number of rotatable bonds is 6. The van der Waals surface area contributed by atoms with Gasteiger partial charge in [-0.05, 0) is 23.3 Å². The molecule has 6 heteroatoms. The van der Waals surface area contributed by atoms with E-state index >= 15 is 0 Å². The number of hydrogen-bond donors (Lipinski definition) is 0. The van der Waals surface area contributed by atoms with E-state index in [2.05, 4.69) is 15.5 Å². The highest BCUT2D eigenvalue weighted by Gasteiger charge is 2.06. The van der Waals surface area contributed by atoms with Gasteiger partial charge >= 0.3 is 0 Å². The van der Waals surface area contributed by atoms with Crippen LogP contribution in [-0.2, 0) is 7.05 Å². The summed E-state index contributed by atoms with van der Waals surface area (Å²) in [6.07, 6.45) is 3.35. The van der Waals surface area contributed by atoms with Gasteiger partial charge < -0.3 is 4.90 Å². The number of nitrogens with zero attached hydrogens (tertiary/aromatic N) is 5. The fraction of sp³-hybridized carbons (Fsp3) is 0.875. The first-order valence-electron chi connectivity index (χ1n) is 4.75. The topological polar surface area (TPSA) is 46.8 Å². The van der Waals surface area contributed by atoms with Crippen molar-refractivity contribution in [2.45, 2.75) is 19.3 Å². The van der Waals surface area contributed by atoms with E-state index < -0.39 is 0 Å². The van der Waals surface area contributed by atoms with Crippen molar-refractivity contribution >= 4 is 17.5 Å². The maximum atomic E-state index is 5.59. The van der Waals surface area contributed by atoms with Gasteiger partial charge in [-0.25, -0.2) is 4.68 Å². The van der Waals surface area contributed by atoms with Crippen LogP contribution in [0.4, 0.5) is 5.95 Å².